The number of nitrogens with zero attached hydrogens (tertiary/aromatic N) is 2. The van der Waals surface area contributed by atoms with Crippen molar-refractivity contribution in [3.05, 3.63) is 59.2 Å². The number of hydrogen-bond acceptors (Lipinski definition) is 3. The Labute approximate surface area is 162 Å². The first-order valence-electron chi connectivity index (χ1n) is 8.77. The number of carbonyl (C=O) groups excluding carboxylic acids is 1. The van der Waals surface area contributed by atoms with Gasteiger partial charge in [-0.3, -0.25) is 0 Å². The van der Waals surface area contributed by atoms with Gasteiger partial charge in [-0.2, -0.15) is 4.31 Å². The molecule has 1 heterocycles. The van der Waals surface area contributed by atoms with Crippen LogP contribution in [0.15, 0.2) is 41.3 Å². The lowest BCUT2D eigenvalue weighted by Crippen LogP contribution is -2.51. The van der Waals surface area contributed by atoms with Gasteiger partial charge in [-0.1, -0.05) is 6.07 Å². The number of amides is 2. The lowest BCUT2D eigenvalue weighted by Gasteiger charge is -2.34. The highest BCUT2D eigenvalue weighted by molar-refractivity contribution is 7.89. The van der Waals surface area contributed by atoms with E-state index in [1.54, 1.807) is 18.2 Å². The van der Waals surface area contributed by atoms with Crippen molar-refractivity contribution in [1.82, 2.24) is 9.21 Å². The Morgan fingerprint density at radius 1 is 0.964 bits per heavy atom. The molecule has 0 atom stereocenters. The molecule has 6 nitrogen and oxygen atoms in total. The summed E-state index contributed by atoms with van der Waals surface area (Å²) in [6.07, 6.45) is 0. The van der Waals surface area contributed by atoms with Crippen molar-refractivity contribution in [2.45, 2.75) is 18.7 Å². The lowest BCUT2D eigenvalue weighted by atomic mass is 10.1. The minimum atomic E-state index is -3.65. The van der Waals surface area contributed by atoms with Gasteiger partial charge in [-0.05, 0) is 49.2 Å². The SMILES string of the molecule is Cc1ccc(S(=O)(=O)N2CCN(C(=O)Nc3ccc(F)cc3F)CC2)cc1C. The zero-order chi connectivity index (χ0) is 20.5. The molecule has 150 valence electrons. The van der Waals surface area contributed by atoms with Crippen LogP contribution >= 0.6 is 0 Å². The predicted octanol–water partition coefficient (Wildman–Crippen LogP) is 3.12. The van der Waals surface area contributed by atoms with Gasteiger partial charge in [0.25, 0.3) is 0 Å². The third-order valence-corrected chi connectivity index (χ3v) is 6.71. The standard InChI is InChI=1S/C19H21F2N3O3S/c1-13-3-5-16(11-14(13)2)28(26,27)24-9-7-23(8-10-24)19(25)22-18-6-4-15(20)12-17(18)21/h3-6,11-12H,7-10H2,1-2H3,(H,22,25). The predicted molar refractivity (Wildman–Crippen MR) is 102 cm³/mol. The molecule has 28 heavy (non-hydrogen) atoms. The fourth-order valence-electron chi connectivity index (χ4n) is 2.94. The van der Waals surface area contributed by atoms with Crippen molar-refractivity contribution in [3.8, 4) is 0 Å². The first kappa shape index (κ1) is 20.2. The van der Waals surface area contributed by atoms with Crippen LogP contribution < -0.4 is 5.32 Å². The van der Waals surface area contributed by atoms with Crippen LogP contribution in [0.1, 0.15) is 11.1 Å². The first-order valence-corrected chi connectivity index (χ1v) is 10.2. The summed E-state index contributed by atoms with van der Waals surface area (Å²) < 4.78 is 53.6. The van der Waals surface area contributed by atoms with Gasteiger partial charge >= 0.3 is 6.03 Å². The maximum absolute atomic E-state index is 13.7. The fourth-order valence-corrected chi connectivity index (χ4v) is 4.45. The van der Waals surface area contributed by atoms with Gasteiger partial charge in [-0.15, -0.1) is 0 Å². The number of aryl methyl sites for hydroxylation is 2. The number of nitrogens with one attached hydrogen (secondary N) is 1. The van der Waals surface area contributed by atoms with E-state index in [0.29, 0.717) is 6.07 Å². The normalized spacial score (nSPS) is 15.5. The number of urea groups is 1. The van der Waals surface area contributed by atoms with E-state index in [4.69, 9.17) is 0 Å². The molecule has 1 fully saturated rings. The molecular formula is C19H21F2N3O3S. The van der Waals surface area contributed by atoms with Crippen LogP contribution in [-0.2, 0) is 10.0 Å². The maximum Gasteiger partial charge on any atom is 0.322 e. The molecule has 1 aliphatic rings. The molecule has 0 aromatic heterocycles. The number of sulfonamides is 1. The van der Waals surface area contributed by atoms with Crippen molar-refractivity contribution >= 4 is 21.7 Å². The van der Waals surface area contributed by atoms with E-state index in [2.05, 4.69) is 5.32 Å². The Kier molecular flexibility index (Phi) is 5.66. The van der Waals surface area contributed by atoms with Gasteiger partial charge in [0.2, 0.25) is 10.0 Å². The molecule has 1 saturated heterocycles. The van der Waals surface area contributed by atoms with E-state index < -0.39 is 27.7 Å². The molecule has 0 bridgehead atoms. The Morgan fingerprint density at radius 2 is 1.64 bits per heavy atom. The summed E-state index contributed by atoms with van der Waals surface area (Å²) in [7, 11) is -3.65. The van der Waals surface area contributed by atoms with Crippen LogP contribution in [0.3, 0.4) is 0 Å². The third-order valence-electron chi connectivity index (χ3n) is 4.81. The quantitative estimate of drug-likeness (QED) is 0.847. The summed E-state index contributed by atoms with van der Waals surface area (Å²) in [6.45, 7) is 4.36. The van der Waals surface area contributed by atoms with E-state index in [9.17, 15) is 22.0 Å². The van der Waals surface area contributed by atoms with E-state index >= 15 is 0 Å². The molecule has 0 unspecified atom stereocenters. The molecule has 0 aliphatic carbocycles. The summed E-state index contributed by atoms with van der Waals surface area (Å²) in [4.78, 5) is 13.9. The van der Waals surface area contributed by atoms with Crippen LogP contribution in [0.5, 0.6) is 0 Å². The number of halogens is 2. The average Bonchev–Trinajstić information content (AvgIpc) is 2.66. The molecule has 0 saturated carbocycles. The van der Waals surface area contributed by atoms with Crippen LogP contribution in [0.25, 0.3) is 0 Å². The number of piperazine rings is 1. The Bertz CT molecular complexity index is 1000. The number of carbonyl (C=O) groups is 1. The zero-order valence-corrected chi connectivity index (χ0v) is 16.4. The van der Waals surface area contributed by atoms with Crippen LogP contribution in [0.4, 0.5) is 19.3 Å². The van der Waals surface area contributed by atoms with Gasteiger partial charge in [0, 0.05) is 32.2 Å². The largest absolute Gasteiger partial charge is 0.322 e. The number of rotatable bonds is 3. The topological polar surface area (TPSA) is 69.7 Å². The summed E-state index contributed by atoms with van der Waals surface area (Å²) >= 11 is 0. The van der Waals surface area contributed by atoms with Crippen molar-refractivity contribution in [1.29, 1.82) is 0 Å². The van der Waals surface area contributed by atoms with E-state index in [0.717, 1.165) is 23.3 Å². The van der Waals surface area contributed by atoms with E-state index in [1.807, 2.05) is 13.8 Å². The van der Waals surface area contributed by atoms with Crippen molar-refractivity contribution < 1.29 is 22.0 Å². The summed E-state index contributed by atoms with van der Waals surface area (Å²) in [5.74, 6) is -1.61. The Hall–Kier alpha value is -2.52. The first-order chi connectivity index (χ1) is 13.2. The maximum atomic E-state index is 13.7. The third kappa shape index (κ3) is 4.15. The molecular weight excluding hydrogens is 388 g/mol. The van der Waals surface area contributed by atoms with E-state index in [1.165, 1.54) is 9.21 Å². The molecule has 3 rings (SSSR count). The van der Waals surface area contributed by atoms with Gasteiger partial charge < -0.3 is 10.2 Å². The number of hydrogen-bond donors (Lipinski definition) is 1. The summed E-state index contributed by atoms with van der Waals surface area (Å²) in [5.41, 5.74) is 1.77. The molecule has 9 heteroatoms. The monoisotopic (exact) mass is 409 g/mol. The van der Waals surface area contributed by atoms with Crippen molar-refractivity contribution in [2.75, 3.05) is 31.5 Å². The van der Waals surface area contributed by atoms with Gasteiger partial charge in [0.1, 0.15) is 11.6 Å². The molecule has 0 spiro atoms. The van der Waals surface area contributed by atoms with Crippen LogP contribution in [-0.4, -0.2) is 49.8 Å². The molecule has 2 amide bonds. The van der Waals surface area contributed by atoms with Crippen molar-refractivity contribution in [3.63, 3.8) is 0 Å². The summed E-state index contributed by atoms with van der Waals surface area (Å²) in [6, 6.07) is 7.30. The highest BCUT2D eigenvalue weighted by Gasteiger charge is 2.30. The second-order valence-electron chi connectivity index (χ2n) is 6.69. The Morgan fingerprint density at radius 3 is 2.25 bits per heavy atom. The molecule has 2 aromatic carbocycles. The minimum Gasteiger partial charge on any atom is -0.322 e. The zero-order valence-electron chi connectivity index (χ0n) is 15.6. The van der Waals surface area contributed by atoms with Crippen LogP contribution in [0, 0.1) is 25.5 Å². The number of anilines is 1. The second-order valence-corrected chi connectivity index (χ2v) is 8.63. The van der Waals surface area contributed by atoms with Gasteiger partial charge in [0.05, 0.1) is 10.6 Å². The smallest absolute Gasteiger partial charge is 0.322 e. The second kappa shape index (κ2) is 7.84. The molecule has 1 aliphatic heterocycles. The lowest BCUT2D eigenvalue weighted by molar-refractivity contribution is 0.184. The van der Waals surface area contributed by atoms with Crippen molar-refractivity contribution in [2.24, 2.45) is 0 Å². The minimum absolute atomic E-state index is 0.128. The Balaban J connectivity index is 1.64. The number of benzene rings is 2. The van der Waals surface area contributed by atoms with Gasteiger partial charge in [-0.25, -0.2) is 22.0 Å². The van der Waals surface area contributed by atoms with E-state index in [-0.39, 0.29) is 36.8 Å². The molecule has 0 radical (unpaired) electrons. The molecule has 1 N–H and O–H groups in total. The fraction of sp³-hybridized carbons (Fsp3) is 0.316. The molecule has 2 aromatic rings. The average molecular weight is 409 g/mol. The summed E-state index contributed by atoms with van der Waals surface area (Å²) in [5, 5.41) is 2.38. The highest BCUT2D eigenvalue weighted by Crippen LogP contribution is 2.21. The highest BCUT2D eigenvalue weighted by atomic mass is 32.2. The van der Waals surface area contributed by atoms with Gasteiger partial charge in [0.15, 0.2) is 0 Å². The van der Waals surface area contributed by atoms with Crippen LogP contribution in [0.2, 0.25) is 0 Å².